The Hall–Kier alpha value is -1.94. The van der Waals surface area contributed by atoms with E-state index >= 15 is 0 Å². The van der Waals surface area contributed by atoms with Crippen LogP contribution in [0.1, 0.15) is 370 Å². The smallest absolute Gasteiger partial charge is 0.462 e. The zero-order valence-electron chi connectivity index (χ0n) is 60.0. The first-order valence-electron chi connectivity index (χ1n) is 37.8. The molecule has 0 aromatic rings. The third kappa shape index (κ3) is 66.7. The number of aliphatic hydroxyl groups excluding tert-OH is 1. The van der Waals surface area contributed by atoms with E-state index in [9.17, 15) is 43.2 Å². The first-order valence-corrected chi connectivity index (χ1v) is 40.8. The molecular formula is C73H142O17P2. The van der Waals surface area contributed by atoms with E-state index in [1.165, 1.54) is 180 Å². The predicted molar refractivity (Wildman–Crippen MR) is 372 cm³/mol. The zero-order chi connectivity index (χ0) is 68.0. The highest BCUT2D eigenvalue weighted by Gasteiger charge is 2.30. The number of carbonyl (C=O) groups is 4. The normalized spacial score (nSPS) is 14.1. The van der Waals surface area contributed by atoms with Crippen LogP contribution in [-0.2, 0) is 65.4 Å². The number of esters is 4. The summed E-state index contributed by atoms with van der Waals surface area (Å²) in [6, 6.07) is 0. The SMILES string of the molecule is CCCCCCCCCCCCCC(=O)OC[C@H](COP(=O)(O)OC[C@H](O)COP(=O)(O)OC[C@@H](COC(=O)CCCCCCCCCCCCCCC(C)C)OC(=O)CCCCCCCCCCCCCCC(C)C)OC(=O)CCCCCCCCCCC(C)C. The summed E-state index contributed by atoms with van der Waals surface area (Å²) >= 11 is 0. The summed E-state index contributed by atoms with van der Waals surface area (Å²) in [7, 11) is -9.91. The molecule has 0 saturated carbocycles. The standard InChI is InChI=1S/C73H142O17P2/c1-8-9-10-11-12-13-18-25-33-40-47-54-70(75)83-61-69(90-73(78)57-50-43-36-29-28-32-39-46-53-66(6)7)63-88-92(81,82)86-59-67(74)58-85-91(79,80)87-62-68(89-72(77)56-49-42-35-27-22-17-15-20-24-31-38-45-52-65(4)5)60-84-71(76)55-48-41-34-26-21-16-14-19-23-30-37-44-51-64(2)3/h64-69,74H,8-63H2,1-7H3,(H,79,80)(H,81,82)/t67-,68-,69-/m1/s1. The van der Waals surface area contributed by atoms with Crippen LogP contribution in [0, 0.1) is 17.8 Å². The van der Waals surface area contributed by atoms with Crippen LogP contribution in [0.15, 0.2) is 0 Å². The lowest BCUT2D eigenvalue weighted by Crippen LogP contribution is -2.30. The fourth-order valence-electron chi connectivity index (χ4n) is 11.1. The van der Waals surface area contributed by atoms with Gasteiger partial charge in [-0.25, -0.2) is 9.13 Å². The maximum atomic E-state index is 13.1. The molecule has 2 unspecified atom stereocenters. The molecule has 0 aliphatic carbocycles. The summed E-state index contributed by atoms with van der Waals surface area (Å²) in [5, 5.41) is 10.6. The lowest BCUT2D eigenvalue weighted by molar-refractivity contribution is -0.161. The lowest BCUT2D eigenvalue weighted by Gasteiger charge is -2.21. The highest BCUT2D eigenvalue weighted by Crippen LogP contribution is 2.45. The Kier molecular flexibility index (Phi) is 62.4. The quantitative estimate of drug-likeness (QED) is 0.0222. The van der Waals surface area contributed by atoms with Crippen molar-refractivity contribution in [1.29, 1.82) is 0 Å². The largest absolute Gasteiger partial charge is 0.472 e. The molecule has 3 N–H and O–H groups in total. The Morgan fingerprint density at radius 1 is 0.293 bits per heavy atom. The molecule has 0 aliphatic heterocycles. The average Bonchev–Trinajstić information content (AvgIpc) is 1.48. The Morgan fingerprint density at radius 2 is 0.500 bits per heavy atom. The molecule has 0 heterocycles. The Balaban J connectivity index is 5.25. The van der Waals surface area contributed by atoms with Crippen LogP contribution in [0.25, 0.3) is 0 Å². The Labute approximate surface area is 562 Å². The maximum absolute atomic E-state index is 13.1. The molecule has 0 amide bonds. The van der Waals surface area contributed by atoms with Crippen LogP contribution in [0.5, 0.6) is 0 Å². The molecule has 0 bridgehead atoms. The average molecular weight is 1350 g/mol. The van der Waals surface area contributed by atoms with Crippen molar-refractivity contribution in [3.05, 3.63) is 0 Å². The van der Waals surface area contributed by atoms with Gasteiger partial charge in [0, 0.05) is 25.7 Å². The second kappa shape index (κ2) is 63.8. The van der Waals surface area contributed by atoms with Crippen LogP contribution in [0.4, 0.5) is 0 Å². The van der Waals surface area contributed by atoms with Gasteiger partial charge in [0.05, 0.1) is 26.4 Å². The van der Waals surface area contributed by atoms with Crippen molar-refractivity contribution in [3.63, 3.8) is 0 Å². The minimum atomic E-state index is -4.96. The van der Waals surface area contributed by atoms with E-state index in [-0.39, 0.29) is 25.7 Å². The maximum Gasteiger partial charge on any atom is 0.472 e. The summed E-state index contributed by atoms with van der Waals surface area (Å²) in [6.07, 6.45) is 48.5. The first-order chi connectivity index (χ1) is 44.2. The molecule has 0 aromatic carbocycles. The number of carbonyl (C=O) groups excluding carboxylic acids is 4. The van der Waals surface area contributed by atoms with Gasteiger partial charge in [0.1, 0.15) is 19.3 Å². The van der Waals surface area contributed by atoms with Gasteiger partial charge in [-0.2, -0.15) is 0 Å². The van der Waals surface area contributed by atoms with Crippen LogP contribution in [0.3, 0.4) is 0 Å². The number of ether oxygens (including phenoxy) is 4. The second-order valence-electron chi connectivity index (χ2n) is 27.8. The molecule has 0 aromatic heterocycles. The monoisotopic (exact) mass is 1350 g/mol. The van der Waals surface area contributed by atoms with Gasteiger partial charge in [-0.15, -0.1) is 0 Å². The van der Waals surface area contributed by atoms with Crippen molar-refractivity contribution in [1.82, 2.24) is 0 Å². The van der Waals surface area contributed by atoms with Crippen LogP contribution >= 0.6 is 15.6 Å². The molecule has 0 radical (unpaired) electrons. The van der Waals surface area contributed by atoms with Gasteiger partial charge in [0.15, 0.2) is 12.2 Å². The van der Waals surface area contributed by atoms with Gasteiger partial charge in [-0.1, -0.05) is 318 Å². The Morgan fingerprint density at radius 3 is 0.739 bits per heavy atom. The van der Waals surface area contributed by atoms with Gasteiger partial charge >= 0.3 is 39.5 Å². The number of hydrogen-bond acceptors (Lipinski definition) is 15. The summed E-state index contributed by atoms with van der Waals surface area (Å²) < 4.78 is 68.4. The molecule has 0 fully saturated rings. The highest BCUT2D eigenvalue weighted by molar-refractivity contribution is 7.47. The minimum absolute atomic E-state index is 0.105. The number of phosphoric acid groups is 2. The van der Waals surface area contributed by atoms with E-state index in [0.29, 0.717) is 25.7 Å². The number of aliphatic hydroxyl groups is 1. The van der Waals surface area contributed by atoms with Gasteiger partial charge in [0.2, 0.25) is 0 Å². The molecule has 0 aliphatic rings. The van der Waals surface area contributed by atoms with E-state index in [0.717, 1.165) is 108 Å². The summed E-state index contributed by atoms with van der Waals surface area (Å²) in [5.41, 5.74) is 0. The van der Waals surface area contributed by atoms with Crippen molar-refractivity contribution in [3.8, 4) is 0 Å². The summed E-state index contributed by atoms with van der Waals surface area (Å²) in [4.78, 5) is 72.7. The van der Waals surface area contributed by atoms with Crippen LogP contribution in [-0.4, -0.2) is 96.7 Å². The molecular weight excluding hydrogens is 1210 g/mol. The molecule has 0 saturated heterocycles. The topological polar surface area (TPSA) is 237 Å². The lowest BCUT2D eigenvalue weighted by atomic mass is 10.0. The van der Waals surface area contributed by atoms with Crippen molar-refractivity contribution in [2.75, 3.05) is 39.6 Å². The zero-order valence-corrected chi connectivity index (χ0v) is 61.8. The third-order valence-corrected chi connectivity index (χ3v) is 18.8. The molecule has 0 rings (SSSR count). The van der Waals surface area contributed by atoms with E-state index in [2.05, 4.69) is 48.5 Å². The number of hydrogen-bond donors (Lipinski definition) is 3. The van der Waals surface area contributed by atoms with Crippen molar-refractivity contribution >= 4 is 39.5 Å². The molecule has 0 spiro atoms. The molecule has 17 nitrogen and oxygen atoms in total. The van der Waals surface area contributed by atoms with Gasteiger partial charge in [0.25, 0.3) is 0 Å². The Bertz CT molecular complexity index is 1800. The molecule has 546 valence electrons. The van der Waals surface area contributed by atoms with E-state index in [1.807, 2.05) is 0 Å². The highest BCUT2D eigenvalue weighted by atomic mass is 31.2. The van der Waals surface area contributed by atoms with Crippen LogP contribution in [0.2, 0.25) is 0 Å². The predicted octanol–water partition coefficient (Wildman–Crippen LogP) is 21.0. The van der Waals surface area contributed by atoms with Crippen molar-refractivity contribution in [2.24, 2.45) is 17.8 Å². The minimum Gasteiger partial charge on any atom is -0.462 e. The van der Waals surface area contributed by atoms with Gasteiger partial charge in [-0.3, -0.25) is 37.3 Å². The van der Waals surface area contributed by atoms with Crippen molar-refractivity contribution < 1.29 is 80.2 Å². The molecule has 19 heteroatoms. The summed E-state index contributed by atoms with van der Waals surface area (Å²) in [6.45, 7) is 11.9. The van der Waals surface area contributed by atoms with Gasteiger partial charge < -0.3 is 33.8 Å². The number of phosphoric ester groups is 2. The molecule has 5 atom stereocenters. The van der Waals surface area contributed by atoms with E-state index in [4.69, 9.17) is 37.0 Å². The fourth-order valence-corrected chi connectivity index (χ4v) is 12.7. The van der Waals surface area contributed by atoms with Crippen molar-refractivity contribution in [2.45, 2.75) is 388 Å². The van der Waals surface area contributed by atoms with E-state index < -0.39 is 97.5 Å². The van der Waals surface area contributed by atoms with E-state index in [1.54, 1.807) is 0 Å². The second-order valence-corrected chi connectivity index (χ2v) is 30.7. The third-order valence-electron chi connectivity index (χ3n) is 16.9. The first kappa shape index (κ1) is 90.1. The number of rotatable bonds is 71. The summed E-state index contributed by atoms with van der Waals surface area (Å²) in [5.74, 6) is 0.155. The van der Waals surface area contributed by atoms with Gasteiger partial charge in [-0.05, 0) is 43.4 Å². The van der Waals surface area contributed by atoms with Crippen LogP contribution < -0.4 is 0 Å². The fraction of sp³-hybridized carbons (Fsp3) is 0.945. The molecule has 92 heavy (non-hydrogen) atoms. The number of unbranched alkanes of at least 4 members (excludes halogenated alkanes) is 39.